The minimum absolute atomic E-state index is 0.204. The molecule has 86 valence electrons. The van der Waals surface area contributed by atoms with Crippen molar-refractivity contribution in [1.82, 2.24) is 0 Å². The van der Waals surface area contributed by atoms with Crippen LogP contribution in [0.1, 0.15) is 19.8 Å². The quantitative estimate of drug-likeness (QED) is 0.748. The van der Waals surface area contributed by atoms with Gasteiger partial charge in [-0.05, 0) is 18.3 Å². The van der Waals surface area contributed by atoms with Gasteiger partial charge in [-0.1, -0.05) is 55.5 Å². The summed E-state index contributed by atoms with van der Waals surface area (Å²) in [5.41, 5.74) is 0.204. The van der Waals surface area contributed by atoms with Crippen LogP contribution in [0.4, 0.5) is 0 Å². The molecule has 0 aromatic carbocycles. The van der Waals surface area contributed by atoms with E-state index in [2.05, 4.69) is 55.5 Å². The second-order valence-electron chi connectivity index (χ2n) is 4.92. The predicted molar refractivity (Wildman–Crippen MR) is 68.0 cm³/mol. The summed E-state index contributed by atoms with van der Waals surface area (Å²) in [6.45, 7) is 2.62. The van der Waals surface area contributed by atoms with Crippen LogP contribution in [0.15, 0.2) is 48.6 Å². The fourth-order valence-corrected chi connectivity index (χ4v) is 2.76. The van der Waals surface area contributed by atoms with Crippen molar-refractivity contribution in [2.75, 3.05) is 6.61 Å². The number of hydrogen-bond acceptors (Lipinski definition) is 1. The normalized spacial score (nSPS) is 20.4. The highest BCUT2D eigenvalue weighted by atomic mass is 16.2. The van der Waals surface area contributed by atoms with E-state index in [1.807, 2.05) is 0 Å². The van der Waals surface area contributed by atoms with E-state index >= 15 is 0 Å². The molecular formula is C15H20O. The van der Waals surface area contributed by atoms with E-state index in [1.54, 1.807) is 0 Å². The Kier molecular flexibility index (Phi) is 3.45. The number of aliphatic hydroxyl groups is 1. The van der Waals surface area contributed by atoms with Crippen molar-refractivity contribution in [3.05, 3.63) is 48.6 Å². The SMILES string of the molecule is CC(CCCO)(C1C=CC=C1)C1C=CC=C1. The molecule has 1 nitrogen and oxygen atoms in total. The van der Waals surface area contributed by atoms with E-state index in [-0.39, 0.29) is 12.0 Å². The second-order valence-corrected chi connectivity index (χ2v) is 4.92. The number of aliphatic hydroxyl groups excluding tert-OH is 1. The molecule has 0 saturated heterocycles. The van der Waals surface area contributed by atoms with Crippen LogP contribution in [-0.4, -0.2) is 11.7 Å². The molecule has 0 heterocycles. The van der Waals surface area contributed by atoms with Gasteiger partial charge in [0.05, 0.1) is 0 Å². The summed E-state index contributed by atoms with van der Waals surface area (Å²) >= 11 is 0. The first-order valence-corrected chi connectivity index (χ1v) is 6.08. The summed E-state index contributed by atoms with van der Waals surface area (Å²) in [6, 6.07) is 0. The van der Waals surface area contributed by atoms with Crippen molar-refractivity contribution in [2.45, 2.75) is 19.8 Å². The van der Waals surface area contributed by atoms with Gasteiger partial charge in [0.2, 0.25) is 0 Å². The van der Waals surface area contributed by atoms with Crippen LogP contribution >= 0.6 is 0 Å². The largest absolute Gasteiger partial charge is 0.396 e. The molecule has 0 spiro atoms. The molecule has 2 rings (SSSR count). The van der Waals surface area contributed by atoms with Gasteiger partial charge in [0.1, 0.15) is 0 Å². The van der Waals surface area contributed by atoms with Gasteiger partial charge in [-0.3, -0.25) is 0 Å². The summed E-state index contributed by atoms with van der Waals surface area (Å²) < 4.78 is 0. The maximum Gasteiger partial charge on any atom is 0.0431 e. The maximum absolute atomic E-state index is 9.04. The van der Waals surface area contributed by atoms with Crippen molar-refractivity contribution in [3.63, 3.8) is 0 Å². The van der Waals surface area contributed by atoms with Crippen LogP contribution in [0.25, 0.3) is 0 Å². The van der Waals surface area contributed by atoms with Gasteiger partial charge in [-0.2, -0.15) is 0 Å². The van der Waals surface area contributed by atoms with Crippen molar-refractivity contribution >= 4 is 0 Å². The molecule has 0 saturated carbocycles. The summed E-state index contributed by atoms with van der Waals surface area (Å²) in [6.07, 6.45) is 19.6. The fourth-order valence-electron chi connectivity index (χ4n) is 2.76. The van der Waals surface area contributed by atoms with Crippen LogP contribution in [0.2, 0.25) is 0 Å². The Morgan fingerprint density at radius 3 is 1.75 bits per heavy atom. The Hall–Kier alpha value is -1.08. The second kappa shape index (κ2) is 4.84. The Balaban J connectivity index is 2.17. The van der Waals surface area contributed by atoms with Gasteiger partial charge in [0.15, 0.2) is 0 Å². The molecule has 1 heteroatoms. The smallest absolute Gasteiger partial charge is 0.0431 e. The average molecular weight is 216 g/mol. The standard InChI is InChI=1S/C15H20O/c1-15(11-6-12-16,13-7-2-3-8-13)14-9-4-5-10-14/h2-5,7-10,13-14,16H,6,11-12H2,1H3. The van der Waals surface area contributed by atoms with Crippen molar-refractivity contribution in [1.29, 1.82) is 0 Å². The minimum atomic E-state index is 0.204. The van der Waals surface area contributed by atoms with Gasteiger partial charge in [0.25, 0.3) is 0 Å². The lowest BCUT2D eigenvalue weighted by Gasteiger charge is -2.38. The fraction of sp³-hybridized carbons (Fsp3) is 0.467. The van der Waals surface area contributed by atoms with Gasteiger partial charge >= 0.3 is 0 Å². The van der Waals surface area contributed by atoms with E-state index in [0.29, 0.717) is 11.8 Å². The third-order valence-corrected chi connectivity index (χ3v) is 3.89. The molecule has 0 atom stereocenters. The molecule has 0 bridgehead atoms. The van der Waals surface area contributed by atoms with Gasteiger partial charge < -0.3 is 5.11 Å². The highest BCUT2D eigenvalue weighted by Gasteiger charge is 2.37. The van der Waals surface area contributed by atoms with E-state index in [0.717, 1.165) is 12.8 Å². The van der Waals surface area contributed by atoms with Gasteiger partial charge in [-0.15, -0.1) is 0 Å². The zero-order chi connectivity index (χ0) is 11.4. The molecule has 0 aromatic heterocycles. The zero-order valence-corrected chi connectivity index (χ0v) is 9.84. The first-order chi connectivity index (χ1) is 7.77. The van der Waals surface area contributed by atoms with Gasteiger partial charge in [0, 0.05) is 18.4 Å². The predicted octanol–water partition coefficient (Wildman–Crippen LogP) is 3.25. The molecule has 0 aromatic rings. The molecular weight excluding hydrogens is 196 g/mol. The Labute approximate surface area is 97.9 Å². The third kappa shape index (κ3) is 2.05. The Bertz CT molecular complexity index is 294. The lowest BCUT2D eigenvalue weighted by Crippen LogP contribution is -2.31. The Morgan fingerprint density at radius 1 is 0.938 bits per heavy atom. The first kappa shape index (κ1) is 11.4. The highest BCUT2D eigenvalue weighted by Crippen LogP contribution is 2.45. The summed E-state index contributed by atoms with van der Waals surface area (Å²) in [4.78, 5) is 0. The number of hydrogen-bond donors (Lipinski definition) is 1. The van der Waals surface area contributed by atoms with Crippen LogP contribution in [0.5, 0.6) is 0 Å². The molecule has 1 N–H and O–H groups in total. The molecule has 0 radical (unpaired) electrons. The van der Waals surface area contributed by atoms with Crippen molar-refractivity contribution < 1.29 is 5.11 Å². The highest BCUT2D eigenvalue weighted by molar-refractivity contribution is 5.27. The van der Waals surface area contributed by atoms with E-state index in [4.69, 9.17) is 5.11 Å². The van der Waals surface area contributed by atoms with Crippen molar-refractivity contribution in [2.24, 2.45) is 17.3 Å². The first-order valence-electron chi connectivity index (χ1n) is 6.08. The van der Waals surface area contributed by atoms with E-state index in [9.17, 15) is 0 Å². The monoisotopic (exact) mass is 216 g/mol. The lowest BCUT2D eigenvalue weighted by molar-refractivity contribution is 0.170. The Morgan fingerprint density at radius 2 is 1.38 bits per heavy atom. The molecule has 0 amide bonds. The molecule has 2 aliphatic carbocycles. The summed E-state index contributed by atoms with van der Waals surface area (Å²) in [5, 5.41) is 9.04. The van der Waals surface area contributed by atoms with Crippen molar-refractivity contribution in [3.8, 4) is 0 Å². The lowest BCUT2D eigenvalue weighted by atomic mass is 9.66. The molecule has 16 heavy (non-hydrogen) atoms. The number of allylic oxidation sites excluding steroid dienone is 8. The van der Waals surface area contributed by atoms with E-state index in [1.165, 1.54) is 0 Å². The van der Waals surface area contributed by atoms with Crippen LogP contribution in [-0.2, 0) is 0 Å². The molecule has 2 aliphatic rings. The maximum atomic E-state index is 9.04. The van der Waals surface area contributed by atoms with E-state index < -0.39 is 0 Å². The third-order valence-electron chi connectivity index (χ3n) is 3.89. The summed E-state index contributed by atoms with van der Waals surface area (Å²) in [5.74, 6) is 0.993. The number of rotatable bonds is 5. The molecule has 0 aliphatic heterocycles. The molecule has 0 fully saturated rings. The topological polar surface area (TPSA) is 20.2 Å². The minimum Gasteiger partial charge on any atom is -0.396 e. The zero-order valence-electron chi connectivity index (χ0n) is 9.84. The molecule has 0 unspecified atom stereocenters. The summed E-state index contributed by atoms with van der Waals surface area (Å²) in [7, 11) is 0. The van der Waals surface area contributed by atoms with Crippen LogP contribution < -0.4 is 0 Å². The van der Waals surface area contributed by atoms with Crippen LogP contribution in [0, 0.1) is 17.3 Å². The average Bonchev–Trinajstić information content (AvgIpc) is 2.96. The van der Waals surface area contributed by atoms with Gasteiger partial charge in [-0.25, -0.2) is 0 Å². The van der Waals surface area contributed by atoms with Crippen LogP contribution in [0.3, 0.4) is 0 Å².